The van der Waals surface area contributed by atoms with Gasteiger partial charge in [-0.05, 0) is 19.1 Å². The van der Waals surface area contributed by atoms with Crippen LogP contribution in [0.3, 0.4) is 0 Å². The normalized spacial score (nSPS) is 10.4. The van der Waals surface area contributed by atoms with Gasteiger partial charge in [0.2, 0.25) is 0 Å². The quantitative estimate of drug-likeness (QED) is 0.647. The minimum atomic E-state index is -0.869. The van der Waals surface area contributed by atoms with Gasteiger partial charge in [-0.15, -0.1) is 0 Å². The van der Waals surface area contributed by atoms with Crippen LogP contribution in [-0.4, -0.2) is 36.6 Å². The summed E-state index contributed by atoms with van der Waals surface area (Å²) in [6.07, 6.45) is 3.37. The molecule has 0 amide bonds. The summed E-state index contributed by atoms with van der Waals surface area (Å²) in [7, 11) is 0. The zero-order chi connectivity index (χ0) is 12.3. The fourth-order valence-corrected chi connectivity index (χ4v) is 1.90. The minimum absolute atomic E-state index is 0.0188. The lowest BCUT2D eigenvalue weighted by atomic mass is 10.5. The second-order valence-corrected chi connectivity index (χ2v) is 4.28. The van der Waals surface area contributed by atoms with Crippen LogP contribution in [0.1, 0.15) is 5.69 Å². The van der Waals surface area contributed by atoms with E-state index in [9.17, 15) is 4.79 Å². The van der Waals surface area contributed by atoms with Crippen LogP contribution in [0.15, 0.2) is 29.6 Å². The smallest absolute Gasteiger partial charge is 0.313 e. The summed E-state index contributed by atoms with van der Waals surface area (Å²) in [4.78, 5) is 19.0. The molecule has 1 N–H and O–H groups in total. The molecule has 17 heavy (non-hydrogen) atoms. The van der Waals surface area contributed by atoms with Gasteiger partial charge in [0, 0.05) is 18.1 Å². The van der Waals surface area contributed by atoms with Gasteiger partial charge in [0.1, 0.15) is 5.03 Å². The molecule has 0 aliphatic rings. The molecule has 6 nitrogen and oxygen atoms in total. The first-order valence-corrected chi connectivity index (χ1v) is 5.84. The monoisotopic (exact) mass is 250 g/mol. The van der Waals surface area contributed by atoms with Crippen LogP contribution in [0, 0.1) is 6.92 Å². The predicted octanol–water partition coefficient (Wildman–Crippen LogP) is 1.15. The summed E-state index contributed by atoms with van der Waals surface area (Å²) in [5.41, 5.74) is 0.776. The molecule has 0 aromatic carbocycles. The third-order valence-corrected chi connectivity index (χ3v) is 2.77. The van der Waals surface area contributed by atoms with Crippen molar-refractivity contribution in [1.82, 2.24) is 19.7 Å². The second kappa shape index (κ2) is 4.96. The van der Waals surface area contributed by atoms with Crippen LogP contribution in [0.4, 0.5) is 0 Å². The topological polar surface area (TPSA) is 80.9 Å². The Hall–Kier alpha value is -1.89. The Kier molecular flexibility index (Phi) is 3.38. The van der Waals surface area contributed by atoms with Gasteiger partial charge >= 0.3 is 5.97 Å². The minimum Gasteiger partial charge on any atom is -0.481 e. The van der Waals surface area contributed by atoms with Crippen molar-refractivity contribution in [2.45, 2.75) is 11.9 Å². The lowest BCUT2D eigenvalue weighted by Gasteiger charge is -2.04. The standard InChI is InChI=1S/C10H10N4O2S/c1-7-5-8(17-6-9(15)16)13-10(12-7)14-4-2-3-11-14/h2-5H,6H2,1H3,(H,15,16). The van der Waals surface area contributed by atoms with E-state index in [2.05, 4.69) is 15.1 Å². The van der Waals surface area contributed by atoms with Crippen LogP contribution in [0.2, 0.25) is 0 Å². The molecule has 0 saturated heterocycles. The number of thioether (sulfide) groups is 1. The average molecular weight is 250 g/mol. The molecule has 7 heteroatoms. The van der Waals surface area contributed by atoms with Crippen molar-refractivity contribution in [3.8, 4) is 5.95 Å². The molecule has 0 radical (unpaired) electrons. The summed E-state index contributed by atoms with van der Waals surface area (Å²) < 4.78 is 1.54. The summed E-state index contributed by atoms with van der Waals surface area (Å²) in [6, 6.07) is 3.52. The highest BCUT2D eigenvalue weighted by Crippen LogP contribution is 2.16. The zero-order valence-corrected chi connectivity index (χ0v) is 9.89. The van der Waals surface area contributed by atoms with Crippen molar-refractivity contribution in [2.75, 3.05) is 5.75 Å². The van der Waals surface area contributed by atoms with Crippen molar-refractivity contribution in [1.29, 1.82) is 0 Å². The van der Waals surface area contributed by atoms with Crippen molar-refractivity contribution in [2.24, 2.45) is 0 Å². The van der Waals surface area contributed by atoms with Gasteiger partial charge in [-0.25, -0.2) is 14.6 Å². The van der Waals surface area contributed by atoms with E-state index in [1.54, 1.807) is 24.5 Å². The Bertz CT molecular complexity index is 527. The van der Waals surface area contributed by atoms with Gasteiger partial charge in [0.15, 0.2) is 0 Å². The van der Waals surface area contributed by atoms with Gasteiger partial charge in [0.05, 0.1) is 5.75 Å². The molecular weight excluding hydrogens is 240 g/mol. The van der Waals surface area contributed by atoms with Gasteiger partial charge in [0.25, 0.3) is 5.95 Å². The number of carbonyl (C=O) groups is 1. The zero-order valence-electron chi connectivity index (χ0n) is 9.07. The van der Waals surface area contributed by atoms with Crippen molar-refractivity contribution in [3.05, 3.63) is 30.2 Å². The highest BCUT2D eigenvalue weighted by atomic mass is 32.2. The Morgan fingerprint density at radius 2 is 2.35 bits per heavy atom. The van der Waals surface area contributed by atoms with Gasteiger partial charge < -0.3 is 5.11 Å². The number of aromatic nitrogens is 4. The number of aliphatic carboxylic acids is 1. The number of carboxylic acid groups (broad SMARTS) is 1. The van der Waals surface area contributed by atoms with E-state index in [0.717, 1.165) is 17.5 Å². The van der Waals surface area contributed by atoms with Crippen molar-refractivity contribution < 1.29 is 9.90 Å². The molecule has 2 aromatic rings. The fraction of sp³-hybridized carbons (Fsp3) is 0.200. The summed E-state index contributed by atoms with van der Waals surface area (Å²) in [5.74, 6) is -0.440. The molecule has 88 valence electrons. The van der Waals surface area contributed by atoms with E-state index in [4.69, 9.17) is 5.11 Å². The van der Waals surface area contributed by atoms with Crippen molar-refractivity contribution in [3.63, 3.8) is 0 Å². The van der Waals surface area contributed by atoms with Gasteiger partial charge in [-0.3, -0.25) is 4.79 Å². The van der Waals surface area contributed by atoms with E-state index >= 15 is 0 Å². The highest BCUT2D eigenvalue weighted by Gasteiger charge is 2.06. The molecule has 0 fully saturated rings. The van der Waals surface area contributed by atoms with Gasteiger partial charge in [-0.2, -0.15) is 5.10 Å². The lowest BCUT2D eigenvalue weighted by Crippen LogP contribution is -2.05. The Balaban J connectivity index is 2.26. The molecule has 0 bridgehead atoms. The molecule has 0 saturated carbocycles. The molecule has 2 aromatic heterocycles. The molecular formula is C10H10N4O2S. The average Bonchev–Trinajstić information content (AvgIpc) is 2.79. The number of nitrogens with zero attached hydrogens (tertiary/aromatic N) is 4. The summed E-state index contributed by atoms with van der Waals surface area (Å²) >= 11 is 1.16. The fourth-order valence-electron chi connectivity index (χ4n) is 1.22. The van der Waals surface area contributed by atoms with E-state index in [-0.39, 0.29) is 5.75 Å². The number of rotatable bonds is 4. The van der Waals surface area contributed by atoms with E-state index in [1.165, 1.54) is 4.68 Å². The largest absolute Gasteiger partial charge is 0.481 e. The van der Waals surface area contributed by atoms with Crippen LogP contribution in [-0.2, 0) is 4.79 Å². The molecule has 0 spiro atoms. The lowest BCUT2D eigenvalue weighted by molar-refractivity contribution is -0.133. The molecule has 0 unspecified atom stereocenters. The highest BCUT2D eigenvalue weighted by molar-refractivity contribution is 7.99. The maximum absolute atomic E-state index is 10.5. The SMILES string of the molecule is Cc1cc(SCC(=O)O)nc(-n2cccn2)n1. The molecule has 0 aliphatic carbocycles. The van der Waals surface area contributed by atoms with E-state index in [1.807, 2.05) is 6.92 Å². The third kappa shape index (κ3) is 3.04. The van der Waals surface area contributed by atoms with E-state index < -0.39 is 5.97 Å². The maximum atomic E-state index is 10.5. The molecule has 2 rings (SSSR count). The van der Waals surface area contributed by atoms with Crippen LogP contribution < -0.4 is 0 Å². The number of hydrogen-bond acceptors (Lipinski definition) is 5. The summed E-state index contributed by atoms with van der Waals surface area (Å²) in [5, 5.41) is 13.3. The Labute approximate surface area is 102 Å². The maximum Gasteiger partial charge on any atom is 0.313 e. The summed E-state index contributed by atoms with van der Waals surface area (Å²) in [6.45, 7) is 1.83. The number of aryl methyl sites for hydroxylation is 1. The molecule has 0 aliphatic heterocycles. The van der Waals surface area contributed by atoms with Gasteiger partial charge in [-0.1, -0.05) is 11.8 Å². The number of hydrogen-bond donors (Lipinski definition) is 1. The Morgan fingerprint density at radius 1 is 1.53 bits per heavy atom. The van der Waals surface area contributed by atoms with Crippen molar-refractivity contribution >= 4 is 17.7 Å². The second-order valence-electron chi connectivity index (χ2n) is 3.28. The predicted molar refractivity (Wildman–Crippen MR) is 62.3 cm³/mol. The van der Waals surface area contributed by atoms with Crippen LogP contribution >= 0.6 is 11.8 Å². The van der Waals surface area contributed by atoms with E-state index in [0.29, 0.717) is 11.0 Å². The molecule has 0 atom stereocenters. The number of carboxylic acids is 1. The first-order valence-electron chi connectivity index (χ1n) is 4.85. The van der Waals surface area contributed by atoms with Crippen LogP contribution in [0.5, 0.6) is 0 Å². The first-order chi connectivity index (χ1) is 8.15. The Morgan fingerprint density at radius 3 is 3.00 bits per heavy atom. The third-order valence-electron chi connectivity index (χ3n) is 1.87. The van der Waals surface area contributed by atoms with Crippen LogP contribution in [0.25, 0.3) is 5.95 Å². The first kappa shape index (κ1) is 11.6. The molecule has 2 heterocycles.